The number of nitrogens with one attached hydrogen (secondary N) is 1. The van der Waals surface area contributed by atoms with Crippen LogP contribution in [0.1, 0.15) is 11.1 Å². The number of carbonyl (C=O) groups is 1. The number of sulfonamides is 1. The zero-order chi connectivity index (χ0) is 21.2. The minimum Gasteiger partial charge on any atom is -0.472 e. The van der Waals surface area contributed by atoms with Gasteiger partial charge in [0.1, 0.15) is 5.75 Å². The lowest BCUT2D eigenvalue weighted by atomic mass is 10.1. The van der Waals surface area contributed by atoms with Crippen LogP contribution in [0.5, 0.6) is 5.75 Å². The highest BCUT2D eigenvalue weighted by Gasteiger charge is 2.48. The standard InChI is InChI=1S/C18H14F3NO6S/c19-18(20,21)16-15(28-17(23)24)9-12-8-13(6-7-14(12)27-16)29(25,26)22-10-11-4-2-1-3-5-11/h1-9,16,22H,10H2,(H,23,24). The van der Waals surface area contributed by atoms with Crippen molar-refractivity contribution in [2.24, 2.45) is 0 Å². The molecule has 11 heteroatoms. The van der Waals surface area contributed by atoms with E-state index in [9.17, 15) is 26.4 Å². The number of hydrogen-bond donors (Lipinski definition) is 2. The summed E-state index contributed by atoms with van der Waals surface area (Å²) >= 11 is 0. The molecular weight excluding hydrogens is 415 g/mol. The Hall–Kier alpha value is -3.05. The van der Waals surface area contributed by atoms with Crippen LogP contribution in [0, 0.1) is 0 Å². The van der Waals surface area contributed by atoms with Gasteiger partial charge >= 0.3 is 12.3 Å². The Bertz CT molecular complexity index is 1050. The molecule has 0 saturated heterocycles. The summed E-state index contributed by atoms with van der Waals surface area (Å²) in [5, 5.41) is 8.67. The van der Waals surface area contributed by atoms with E-state index in [-0.39, 0.29) is 22.8 Å². The predicted octanol–water partition coefficient (Wildman–Crippen LogP) is 3.52. The van der Waals surface area contributed by atoms with E-state index in [1.165, 1.54) is 0 Å². The lowest BCUT2D eigenvalue weighted by Gasteiger charge is -2.27. The minimum atomic E-state index is -4.93. The van der Waals surface area contributed by atoms with Crippen molar-refractivity contribution in [3.63, 3.8) is 0 Å². The third-order valence-electron chi connectivity index (χ3n) is 3.90. The molecule has 1 unspecified atom stereocenters. The fourth-order valence-corrected chi connectivity index (χ4v) is 3.65. The van der Waals surface area contributed by atoms with Crippen molar-refractivity contribution < 1.29 is 41.0 Å². The normalized spacial score (nSPS) is 16.4. The van der Waals surface area contributed by atoms with Crippen LogP contribution in [-0.4, -0.2) is 32.0 Å². The first kappa shape index (κ1) is 20.7. The van der Waals surface area contributed by atoms with Gasteiger partial charge in [-0.05, 0) is 29.8 Å². The summed E-state index contributed by atoms with van der Waals surface area (Å²) in [5.74, 6) is -1.27. The Morgan fingerprint density at radius 2 is 1.86 bits per heavy atom. The van der Waals surface area contributed by atoms with Crippen molar-refractivity contribution in [3.05, 3.63) is 65.4 Å². The van der Waals surface area contributed by atoms with E-state index >= 15 is 0 Å². The van der Waals surface area contributed by atoms with Crippen molar-refractivity contribution in [3.8, 4) is 5.75 Å². The second-order valence-corrected chi connectivity index (χ2v) is 7.73. The highest BCUT2D eigenvalue weighted by atomic mass is 32.2. The summed E-state index contributed by atoms with van der Waals surface area (Å²) in [7, 11) is -3.99. The number of halogens is 3. The van der Waals surface area contributed by atoms with Crippen molar-refractivity contribution in [2.75, 3.05) is 0 Å². The van der Waals surface area contributed by atoms with Crippen LogP contribution in [0.4, 0.5) is 18.0 Å². The molecule has 2 aromatic carbocycles. The topological polar surface area (TPSA) is 102 Å². The maximum Gasteiger partial charge on any atom is 0.511 e. The van der Waals surface area contributed by atoms with E-state index in [2.05, 4.69) is 9.46 Å². The monoisotopic (exact) mass is 429 g/mol. The van der Waals surface area contributed by atoms with Gasteiger partial charge in [0.2, 0.25) is 10.0 Å². The molecule has 0 saturated carbocycles. The number of fused-ring (bicyclic) bond motifs is 1. The minimum absolute atomic E-state index is 0.0100. The number of benzene rings is 2. The third kappa shape index (κ3) is 4.87. The van der Waals surface area contributed by atoms with Gasteiger partial charge in [0.15, 0.2) is 5.76 Å². The third-order valence-corrected chi connectivity index (χ3v) is 5.30. The van der Waals surface area contributed by atoms with Gasteiger partial charge < -0.3 is 14.6 Å². The van der Waals surface area contributed by atoms with E-state index in [4.69, 9.17) is 9.84 Å². The van der Waals surface area contributed by atoms with Crippen LogP contribution >= 0.6 is 0 Å². The molecule has 1 heterocycles. The van der Waals surface area contributed by atoms with E-state index in [1.54, 1.807) is 30.3 Å². The largest absolute Gasteiger partial charge is 0.511 e. The first-order valence-electron chi connectivity index (χ1n) is 8.09. The smallest absolute Gasteiger partial charge is 0.472 e. The van der Waals surface area contributed by atoms with Gasteiger partial charge in [0.05, 0.1) is 4.90 Å². The Kier molecular flexibility index (Phi) is 5.53. The van der Waals surface area contributed by atoms with Gasteiger partial charge in [-0.2, -0.15) is 13.2 Å². The van der Waals surface area contributed by atoms with Gasteiger partial charge in [-0.1, -0.05) is 30.3 Å². The molecule has 0 bridgehead atoms. The highest BCUT2D eigenvalue weighted by Crippen LogP contribution is 2.38. The van der Waals surface area contributed by atoms with Crippen LogP contribution in [0.15, 0.2) is 59.2 Å². The average Bonchev–Trinajstić information content (AvgIpc) is 2.65. The fourth-order valence-electron chi connectivity index (χ4n) is 2.60. The quantitative estimate of drug-likeness (QED) is 0.706. The molecule has 7 nitrogen and oxygen atoms in total. The number of rotatable bonds is 5. The summed E-state index contributed by atoms with van der Waals surface area (Å²) in [6.07, 6.45) is -8.71. The zero-order valence-electron chi connectivity index (χ0n) is 14.5. The van der Waals surface area contributed by atoms with Gasteiger partial charge in [-0.3, -0.25) is 0 Å². The number of hydrogen-bond acceptors (Lipinski definition) is 5. The van der Waals surface area contributed by atoms with Crippen molar-refractivity contribution in [1.29, 1.82) is 0 Å². The van der Waals surface area contributed by atoms with Gasteiger partial charge in [0, 0.05) is 12.1 Å². The first-order valence-corrected chi connectivity index (χ1v) is 9.58. The molecular formula is C18H14F3NO6S. The lowest BCUT2D eigenvalue weighted by molar-refractivity contribution is -0.191. The van der Waals surface area contributed by atoms with Gasteiger partial charge in [-0.15, -0.1) is 0 Å². The van der Waals surface area contributed by atoms with Crippen molar-refractivity contribution in [1.82, 2.24) is 4.72 Å². The second kappa shape index (κ2) is 7.76. The predicted molar refractivity (Wildman–Crippen MR) is 94.5 cm³/mol. The van der Waals surface area contributed by atoms with Crippen molar-refractivity contribution >= 4 is 22.3 Å². The van der Waals surface area contributed by atoms with Crippen LogP contribution in [0.25, 0.3) is 6.08 Å². The number of carboxylic acid groups (broad SMARTS) is 1. The molecule has 0 spiro atoms. The molecule has 2 aromatic rings. The first-order chi connectivity index (χ1) is 13.6. The summed E-state index contributed by atoms with van der Waals surface area (Å²) in [6.45, 7) is 0.0100. The van der Waals surface area contributed by atoms with E-state index in [0.29, 0.717) is 5.56 Å². The molecule has 3 rings (SSSR count). The Labute approximate surface area is 163 Å². The Balaban J connectivity index is 1.90. The molecule has 0 radical (unpaired) electrons. The lowest BCUT2D eigenvalue weighted by Crippen LogP contribution is -2.39. The maximum absolute atomic E-state index is 13.1. The van der Waals surface area contributed by atoms with Crippen molar-refractivity contribution in [2.45, 2.75) is 23.7 Å². The van der Waals surface area contributed by atoms with Crippen LogP contribution < -0.4 is 9.46 Å². The maximum atomic E-state index is 13.1. The van der Waals surface area contributed by atoms with E-state index in [1.807, 2.05) is 0 Å². The summed E-state index contributed by atoms with van der Waals surface area (Å²) in [5.41, 5.74) is 0.645. The van der Waals surface area contributed by atoms with E-state index < -0.39 is 34.2 Å². The van der Waals surface area contributed by atoms with Crippen LogP contribution in [-0.2, 0) is 21.3 Å². The molecule has 29 heavy (non-hydrogen) atoms. The van der Waals surface area contributed by atoms with E-state index in [0.717, 1.165) is 24.3 Å². The molecule has 0 fully saturated rings. The molecule has 2 N–H and O–H groups in total. The molecule has 0 amide bonds. The highest BCUT2D eigenvalue weighted by molar-refractivity contribution is 7.89. The van der Waals surface area contributed by atoms with Gasteiger partial charge in [-0.25, -0.2) is 17.9 Å². The molecule has 1 aliphatic rings. The number of alkyl halides is 3. The average molecular weight is 429 g/mol. The SMILES string of the molecule is O=C(O)OC1=Cc2cc(S(=O)(=O)NCc3ccccc3)ccc2OC1C(F)(F)F. The fraction of sp³-hybridized carbons (Fsp3) is 0.167. The summed E-state index contributed by atoms with van der Waals surface area (Å²) in [4.78, 5) is 10.5. The Morgan fingerprint density at radius 3 is 2.48 bits per heavy atom. The molecule has 154 valence electrons. The molecule has 0 aromatic heterocycles. The molecule has 0 aliphatic carbocycles. The Morgan fingerprint density at radius 1 is 1.17 bits per heavy atom. The number of ether oxygens (including phenoxy) is 2. The molecule has 1 atom stereocenters. The summed E-state index contributed by atoms with van der Waals surface area (Å²) < 4.78 is 75.7. The molecule has 1 aliphatic heterocycles. The summed E-state index contributed by atoms with van der Waals surface area (Å²) in [6, 6.07) is 11.9. The second-order valence-electron chi connectivity index (χ2n) is 5.96. The van der Waals surface area contributed by atoms with Crippen LogP contribution in [0.3, 0.4) is 0 Å². The van der Waals surface area contributed by atoms with Crippen LogP contribution in [0.2, 0.25) is 0 Å². The zero-order valence-corrected chi connectivity index (χ0v) is 15.3. The van der Waals surface area contributed by atoms with Gasteiger partial charge in [0.25, 0.3) is 6.10 Å².